The van der Waals surface area contributed by atoms with E-state index in [-0.39, 0.29) is 23.7 Å². The third-order valence-corrected chi connectivity index (χ3v) is 5.60. The average Bonchev–Trinajstić information content (AvgIpc) is 3.04. The minimum atomic E-state index is -0.583. The third kappa shape index (κ3) is 3.72. The Kier molecular flexibility index (Phi) is 5.83. The highest BCUT2D eigenvalue weighted by Crippen LogP contribution is 2.39. The van der Waals surface area contributed by atoms with Crippen molar-refractivity contribution >= 4 is 16.9 Å². The maximum absolute atomic E-state index is 13.6. The van der Waals surface area contributed by atoms with Crippen molar-refractivity contribution in [3.05, 3.63) is 74.6 Å². The first-order valence-corrected chi connectivity index (χ1v) is 10.7. The van der Waals surface area contributed by atoms with Crippen molar-refractivity contribution in [3.63, 3.8) is 0 Å². The van der Waals surface area contributed by atoms with E-state index in [1.165, 1.54) is 0 Å². The number of rotatable bonds is 7. The number of amides is 1. The van der Waals surface area contributed by atoms with Crippen molar-refractivity contribution in [2.75, 3.05) is 19.8 Å². The van der Waals surface area contributed by atoms with Crippen LogP contribution in [-0.4, -0.2) is 35.7 Å². The van der Waals surface area contributed by atoms with Gasteiger partial charge in [0.2, 0.25) is 5.76 Å². The van der Waals surface area contributed by atoms with Gasteiger partial charge in [0.1, 0.15) is 11.3 Å². The Morgan fingerprint density at radius 2 is 1.97 bits per heavy atom. The number of aliphatic hydroxyl groups is 1. The Labute approximate surface area is 181 Å². The predicted molar refractivity (Wildman–Crippen MR) is 119 cm³/mol. The molecule has 0 fully saturated rings. The molecular formula is C25H27NO5. The summed E-state index contributed by atoms with van der Waals surface area (Å²) in [6.45, 7) is 6.70. The highest BCUT2D eigenvalue weighted by atomic mass is 16.5. The summed E-state index contributed by atoms with van der Waals surface area (Å²) >= 11 is 0. The van der Waals surface area contributed by atoms with E-state index < -0.39 is 6.04 Å². The number of carbonyl (C=O) groups is 1. The number of fused-ring (bicyclic) bond motifs is 2. The summed E-state index contributed by atoms with van der Waals surface area (Å²) in [5.41, 5.74) is 3.19. The fourth-order valence-corrected chi connectivity index (χ4v) is 4.29. The van der Waals surface area contributed by atoms with Gasteiger partial charge in [-0.3, -0.25) is 9.59 Å². The highest BCUT2D eigenvalue weighted by Gasteiger charge is 2.42. The number of benzene rings is 2. The van der Waals surface area contributed by atoms with Crippen molar-refractivity contribution in [2.24, 2.45) is 0 Å². The van der Waals surface area contributed by atoms with Crippen LogP contribution in [0.2, 0.25) is 0 Å². The Morgan fingerprint density at radius 1 is 1.16 bits per heavy atom. The van der Waals surface area contributed by atoms with E-state index in [9.17, 15) is 14.7 Å². The van der Waals surface area contributed by atoms with E-state index in [1.807, 2.05) is 57.2 Å². The first kappa shape index (κ1) is 21.1. The molecule has 1 aromatic heterocycles. The van der Waals surface area contributed by atoms with Gasteiger partial charge < -0.3 is 19.2 Å². The first-order chi connectivity index (χ1) is 15.0. The number of ether oxygens (including phenoxy) is 1. The highest BCUT2D eigenvalue weighted by molar-refractivity contribution is 5.99. The lowest BCUT2D eigenvalue weighted by Gasteiger charge is -2.25. The summed E-state index contributed by atoms with van der Waals surface area (Å²) in [5.74, 6) is 0.457. The molecule has 2 heterocycles. The van der Waals surface area contributed by atoms with Crippen LogP contribution in [0.15, 0.2) is 45.6 Å². The molecule has 1 aliphatic heterocycles. The van der Waals surface area contributed by atoms with Crippen LogP contribution in [0.4, 0.5) is 0 Å². The fourth-order valence-electron chi connectivity index (χ4n) is 4.29. The molecule has 0 radical (unpaired) electrons. The number of carbonyl (C=O) groups excluding carboxylic acids is 1. The van der Waals surface area contributed by atoms with E-state index in [0.29, 0.717) is 41.9 Å². The van der Waals surface area contributed by atoms with Gasteiger partial charge in [0.05, 0.1) is 23.6 Å². The van der Waals surface area contributed by atoms with Gasteiger partial charge in [0.15, 0.2) is 5.43 Å². The monoisotopic (exact) mass is 421 g/mol. The molecule has 0 spiro atoms. The second-order valence-corrected chi connectivity index (χ2v) is 8.03. The topological polar surface area (TPSA) is 80.0 Å². The smallest absolute Gasteiger partial charge is 0.290 e. The van der Waals surface area contributed by atoms with Crippen molar-refractivity contribution in [1.29, 1.82) is 0 Å². The normalized spacial score (nSPS) is 15.5. The number of hydrogen-bond acceptors (Lipinski definition) is 5. The number of nitrogens with zero attached hydrogens (tertiary/aromatic N) is 1. The molecular weight excluding hydrogens is 394 g/mol. The summed E-state index contributed by atoms with van der Waals surface area (Å²) in [4.78, 5) is 28.5. The van der Waals surface area contributed by atoms with Crippen LogP contribution in [-0.2, 0) is 0 Å². The van der Waals surface area contributed by atoms with Gasteiger partial charge in [0.25, 0.3) is 5.91 Å². The fraction of sp³-hybridized carbons (Fsp3) is 0.360. The van der Waals surface area contributed by atoms with Crippen LogP contribution in [0.3, 0.4) is 0 Å². The molecule has 6 nitrogen and oxygen atoms in total. The Balaban J connectivity index is 1.93. The average molecular weight is 421 g/mol. The molecule has 0 saturated heterocycles. The van der Waals surface area contributed by atoms with Gasteiger partial charge in [-0.2, -0.15) is 0 Å². The summed E-state index contributed by atoms with van der Waals surface area (Å²) in [5, 5.41) is 9.84. The summed E-state index contributed by atoms with van der Waals surface area (Å²) in [6, 6.07) is 10.7. The molecule has 0 saturated carbocycles. The van der Waals surface area contributed by atoms with E-state index in [1.54, 1.807) is 4.90 Å². The van der Waals surface area contributed by atoms with Crippen molar-refractivity contribution in [1.82, 2.24) is 4.90 Å². The van der Waals surface area contributed by atoms with Crippen LogP contribution >= 0.6 is 0 Å². The molecule has 1 amide bonds. The van der Waals surface area contributed by atoms with Gasteiger partial charge in [0, 0.05) is 13.2 Å². The lowest BCUT2D eigenvalue weighted by Crippen LogP contribution is -2.31. The SMILES string of the molecule is CCCOc1cccc(C2c3c(oc4c(C)cc(C)cc4c3=O)C(=O)N2CCCO)c1. The minimum absolute atomic E-state index is 0.0475. The van der Waals surface area contributed by atoms with Crippen LogP contribution < -0.4 is 10.2 Å². The summed E-state index contributed by atoms with van der Waals surface area (Å²) in [7, 11) is 0. The zero-order valence-electron chi connectivity index (χ0n) is 18.1. The van der Waals surface area contributed by atoms with Gasteiger partial charge in [-0.1, -0.05) is 25.1 Å². The zero-order valence-corrected chi connectivity index (χ0v) is 18.1. The largest absolute Gasteiger partial charge is 0.494 e. The van der Waals surface area contributed by atoms with E-state index in [2.05, 4.69) is 0 Å². The maximum Gasteiger partial charge on any atom is 0.290 e. The second kappa shape index (κ2) is 8.55. The molecule has 2 aromatic carbocycles. The van der Waals surface area contributed by atoms with Crippen LogP contribution in [0.25, 0.3) is 11.0 Å². The molecule has 4 rings (SSSR count). The quantitative estimate of drug-likeness (QED) is 0.621. The van der Waals surface area contributed by atoms with Gasteiger partial charge in [-0.25, -0.2) is 0 Å². The molecule has 3 aromatic rings. The predicted octanol–water partition coefficient (Wildman–Crippen LogP) is 4.13. The second-order valence-electron chi connectivity index (χ2n) is 8.03. The van der Waals surface area contributed by atoms with Crippen molar-refractivity contribution in [3.8, 4) is 5.75 Å². The van der Waals surface area contributed by atoms with E-state index >= 15 is 0 Å². The zero-order chi connectivity index (χ0) is 22.1. The lowest BCUT2D eigenvalue weighted by molar-refractivity contribution is 0.0716. The molecule has 31 heavy (non-hydrogen) atoms. The van der Waals surface area contributed by atoms with Crippen LogP contribution in [0.5, 0.6) is 5.75 Å². The first-order valence-electron chi connectivity index (χ1n) is 10.7. The standard InChI is InChI=1S/C25H27NO5/c1-4-11-30-18-8-5-7-17(14-18)21-20-22(28)19-13-15(2)12-16(3)23(19)31-24(20)25(29)26(21)9-6-10-27/h5,7-8,12-14,21,27H,4,6,9-11H2,1-3H3. The minimum Gasteiger partial charge on any atom is -0.494 e. The van der Waals surface area contributed by atoms with E-state index in [4.69, 9.17) is 9.15 Å². The van der Waals surface area contributed by atoms with Crippen LogP contribution in [0, 0.1) is 13.8 Å². The molecule has 0 bridgehead atoms. The molecule has 0 aliphatic carbocycles. The summed E-state index contributed by atoms with van der Waals surface area (Å²) in [6.07, 6.45) is 1.29. The molecule has 1 aliphatic rings. The van der Waals surface area contributed by atoms with Gasteiger partial charge in [-0.05, 0) is 61.6 Å². The Morgan fingerprint density at radius 3 is 2.71 bits per heavy atom. The van der Waals surface area contributed by atoms with Crippen molar-refractivity contribution in [2.45, 2.75) is 39.7 Å². The Hall–Kier alpha value is -3.12. The maximum atomic E-state index is 13.6. The molecule has 6 heteroatoms. The van der Waals surface area contributed by atoms with Gasteiger partial charge >= 0.3 is 0 Å². The van der Waals surface area contributed by atoms with E-state index in [0.717, 1.165) is 23.1 Å². The Bertz CT molecular complexity index is 1200. The molecule has 1 N–H and O–H groups in total. The summed E-state index contributed by atoms with van der Waals surface area (Å²) < 4.78 is 11.8. The number of hydrogen-bond donors (Lipinski definition) is 1. The lowest BCUT2D eigenvalue weighted by atomic mass is 9.97. The molecule has 1 atom stereocenters. The van der Waals surface area contributed by atoms with Gasteiger partial charge in [-0.15, -0.1) is 0 Å². The third-order valence-electron chi connectivity index (χ3n) is 5.60. The van der Waals surface area contributed by atoms with Crippen molar-refractivity contribution < 1.29 is 19.1 Å². The molecule has 1 unspecified atom stereocenters. The molecule has 162 valence electrons. The number of aliphatic hydroxyl groups excluding tert-OH is 1. The van der Waals surface area contributed by atoms with Crippen LogP contribution in [0.1, 0.15) is 58.6 Å². The number of aryl methyl sites for hydroxylation is 2.